The van der Waals surface area contributed by atoms with Crippen molar-refractivity contribution in [2.24, 2.45) is 5.41 Å². The minimum absolute atomic E-state index is 0.127. The molecule has 0 atom stereocenters. The molecule has 2 N–H and O–H groups in total. The number of aromatic nitrogens is 4. The van der Waals surface area contributed by atoms with E-state index in [-0.39, 0.29) is 5.41 Å². The maximum atomic E-state index is 8.81. The largest absolute Gasteiger partial charge is 0.382 e. The van der Waals surface area contributed by atoms with Crippen molar-refractivity contribution in [2.45, 2.75) is 25.8 Å². The quantitative estimate of drug-likeness (QED) is 0.849. The van der Waals surface area contributed by atoms with Gasteiger partial charge >= 0.3 is 0 Å². The Morgan fingerprint density at radius 1 is 1.41 bits per heavy atom. The van der Waals surface area contributed by atoms with Crippen LogP contribution >= 0.6 is 0 Å². The maximum absolute atomic E-state index is 8.81. The van der Waals surface area contributed by atoms with Gasteiger partial charge in [-0.05, 0) is 12.8 Å². The fourth-order valence-corrected chi connectivity index (χ4v) is 2.11. The third-order valence-corrected chi connectivity index (χ3v) is 3.35. The van der Waals surface area contributed by atoms with E-state index in [4.69, 9.17) is 11.0 Å². The zero-order chi connectivity index (χ0) is 11.9. The topological polar surface area (TPSA) is 93.4 Å². The number of nitrogens with two attached hydrogens (primary N) is 1. The molecule has 3 rings (SSSR count). The number of nitrogens with zero attached hydrogens (tertiary/aromatic N) is 5. The van der Waals surface area contributed by atoms with Gasteiger partial charge in [0.15, 0.2) is 11.5 Å². The van der Waals surface area contributed by atoms with Crippen molar-refractivity contribution in [1.29, 1.82) is 5.26 Å². The summed E-state index contributed by atoms with van der Waals surface area (Å²) in [5, 5.41) is 8.81. The Bertz CT molecular complexity index is 604. The standard InChI is InChI=1S/C11H12N6/c12-4-3-11(1-2-11)5-17-7-16-8-9(13)14-6-15-10(8)17/h6-7H,1-3,5H2,(H2,13,14,15). The van der Waals surface area contributed by atoms with Crippen molar-refractivity contribution in [2.75, 3.05) is 5.73 Å². The normalized spacial score (nSPS) is 16.9. The summed E-state index contributed by atoms with van der Waals surface area (Å²) < 4.78 is 1.97. The number of fused-ring (bicyclic) bond motifs is 1. The van der Waals surface area contributed by atoms with E-state index in [1.54, 1.807) is 6.33 Å². The molecule has 0 aromatic carbocycles. The number of hydrogen-bond donors (Lipinski definition) is 1. The number of anilines is 1. The fourth-order valence-electron chi connectivity index (χ4n) is 2.11. The van der Waals surface area contributed by atoms with Crippen LogP contribution in [0.3, 0.4) is 0 Å². The first-order chi connectivity index (χ1) is 8.24. The molecule has 17 heavy (non-hydrogen) atoms. The van der Waals surface area contributed by atoms with Crippen molar-refractivity contribution >= 4 is 17.0 Å². The van der Waals surface area contributed by atoms with Gasteiger partial charge in [0.2, 0.25) is 0 Å². The lowest BCUT2D eigenvalue weighted by Crippen LogP contribution is -2.11. The smallest absolute Gasteiger partial charge is 0.165 e. The van der Waals surface area contributed by atoms with Gasteiger partial charge in [-0.15, -0.1) is 0 Å². The van der Waals surface area contributed by atoms with Crippen LogP contribution in [-0.4, -0.2) is 19.5 Å². The number of nitrogen functional groups attached to an aromatic ring is 1. The van der Waals surface area contributed by atoms with Crippen molar-refractivity contribution in [3.8, 4) is 6.07 Å². The summed E-state index contributed by atoms with van der Waals surface area (Å²) in [6.45, 7) is 0.785. The second-order valence-electron chi connectivity index (χ2n) is 4.64. The minimum atomic E-state index is 0.127. The molecule has 0 amide bonds. The highest BCUT2D eigenvalue weighted by Gasteiger charge is 2.43. The molecular formula is C11H12N6. The molecule has 0 spiro atoms. The average molecular weight is 228 g/mol. The maximum Gasteiger partial charge on any atom is 0.165 e. The second-order valence-corrected chi connectivity index (χ2v) is 4.64. The van der Waals surface area contributed by atoms with Gasteiger partial charge in [0, 0.05) is 18.4 Å². The van der Waals surface area contributed by atoms with E-state index in [0.29, 0.717) is 17.8 Å². The predicted octanol–water partition coefficient (Wildman–Crippen LogP) is 1.10. The molecule has 0 bridgehead atoms. The third-order valence-electron chi connectivity index (χ3n) is 3.35. The van der Waals surface area contributed by atoms with Gasteiger partial charge < -0.3 is 10.3 Å². The van der Waals surface area contributed by atoms with Gasteiger partial charge in [-0.25, -0.2) is 15.0 Å². The molecule has 0 radical (unpaired) electrons. The predicted molar refractivity (Wildman–Crippen MR) is 61.6 cm³/mol. The van der Waals surface area contributed by atoms with Crippen LogP contribution in [0, 0.1) is 16.7 Å². The molecule has 1 saturated carbocycles. The fraction of sp³-hybridized carbons (Fsp3) is 0.455. The molecule has 0 aliphatic heterocycles. The number of nitriles is 1. The second kappa shape index (κ2) is 3.42. The SMILES string of the molecule is N#CCC1(Cn2cnc3c(N)ncnc32)CC1. The molecular weight excluding hydrogens is 216 g/mol. The summed E-state index contributed by atoms with van der Waals surface area (Å²) >= 11 is 0. The molecule has 2 aromatic heterocycles. The summed E-state index contributed by atoms with van der Waals surface area (Å²) in [6.07, 6.45) is 5.96. The van der Waals surface area contributed by atoms with Crippen LogP contribution in [0.4, 0.5) is 5.82 Å². The van der Waals surface area contributed by atoms with Crippen molar-refractivity contribution in [3.63, 3.8) is 0 Å². The van der Waals surface area contributed by atoms with E-state index in [2.05, 4.69) is 21.0 Å². The Labute approximate surface area is 98.1 Å². The van der Waals surface area contributed by atoms with Crippen molar-refractivity contribution < 1.29 is 0 Å². The van der Waals surface area contributed by atoms with E-state index >= 15 is 0 Å². The lowest BCUT2D eigenvalue weighted by atomic mass is 10.0. The summed E-state index contributed by atoms with van der Waals surface area (Å²) in [5.74, 6) is 0.402. The van der Waals surface area contributed by atoms with E-state index < -0.39 is 0 Å². The highest BCUT2D eigenvalue weighted by Crippen LogP contribution is 2.50. The molecule has 2 heterocycles. The van der Waals surface area contributed by atoms with Crippen molar-refractivity contribution in [3.05, 3.63) is 12.7 Å². The first-order valence-corrected chi connectivity index (χ1v) is 5.52. The van der Waals surface area contributed by atoms with E-state index in [1.807, 2.05) is 4.57 Å². The molecule has 0 saturated heterocycles. The molecule has 86 valence electrons. The molecule has 0 unspecified atom stereocenters. The van der Waals surface area contributed by atoms with Gasteiger partial charge in [-0.1, -0.05) is 0 Å². The van der Waals surface area contributed by atoms with Crippen LogP contribution in [0.15, 0.2) is 12.7 Å². The van der Waals surface area contributed by atoms with Gasteiger partial charge in [-0.3, -0.25) is 0 Å². The first-order valence-electron chi connectivity index (χ1n) is 5.52. The molecule has 6 heteroatoms. The lowest BCUT2D eigenvalue weighted by Gasteiger charge is -2.11. The van der Waals surface area contributed by atoms with Gasteiger partial charge in [0.25, 0.3) is 0 Å². The van der Waals surface area contributed by atoms with Crippen LogP contribution < -0.4 is 5.73 Å². The highest BCUT2D eigenvalue weighted by atomic mass is 15.1. The van der Waals surface area contributed by atoms with E-state index in [0.717, 1.165) is 25.0 Å². The van der Waals surface area contributed by atoms with Crippen LogP contribution in [-0.2, 0) is 6.54 Å². The average Bonchev–Trinajstić information content (AvgIpc) is 2.93. The van der Waals surface area contributed by atoms with E-state index in [9.17, 15) is 0 Å². The summed E-state index contributed by atoms with van der Waals surface area (Å²) in [6, 6.07) is 2.25. The van der Waals surface area contributed by atoms with E-state index in [1.165, 1.54) is 6.33 Å². The Kier molecular flexibility index (Phi) is 2.01. The summed E-state index contributed by atoms with van der Waals surface area (Å²) in [5.41, 5.74) is 7.25. The van der Waals surface area contributed by atoms with Crippen LogP contribution in [0.2, 0.25) is 0 Å². The molecule has 6 nitrogen and oxygen atoms in total. The Balaban J connectivity index is 1.97. The van der Waals surface area contributed by atoms with Gasteiger partial charge in [0.1, 0.15) is 11.8 Å². The van der Waals surface area contributed by atoms with Crippen LogP contribution in [0.25, 0.3) is 11.2 Å². The number of rotatable bonds is 3. The Morgan fingerprint density at radius 3 is 2.94 bits per heavy atom. The Hall–Kier alpha value is -2.16. The zero-order valence-electron chi connectivity index (χ0n) is 9.30. The molecule has 1 aliphatic carbocycles. The lowest BCUT2D eigenvalue weighted by molar-refractivity contribution is 0.437. The number of imidazole rings is 1. The first kappa shape index (κ1) is 10.0. The molecule has 1 fully saturated rings. The molecule has 2 aromatic rings. The monoisotopic (exact) mass is 228 g/mol. The van der Waals surface area contributed by atoms with Crippen molar-refractivity contribution in [1.82, 2.24) is 19.5 Å². The Morgan fingerprint density at radius 2 is 2.24 bits per heavy atom. The van der Waals surface area contributed by atoms with Gasteiger partial charge in [0.05, 0.1) is 12.4 Å². The minimum Gasteiger partial charge on any atom is -0.382 e. The summed E-state index contributed by atoms with van der Waals surface area (Å²) in [4.78, 5) is 12.3. The van der Waals surface area contributed by atoms with Gasteiger partial charge in [-0.2, -0.15) is 5.26 Å². The zero-order valence-corrected chi connectivity index (χ0v) is 9.30. The highest BCUT2D eigenvalue weighted by molar-refractivity contribution is 5.81. The van der Waals surface area contributed by atoms with Crippen LogP contribution in [0.1, 0.15) is 19.3 Å². The number of hydrogen-bond acceptors (Lipinski definition) is 5. The third kappa shape index (κ3) is 1.60. The van der Waals surface area contributed by atoms with Crippen LogP contribution in [0.5, 0.6) is 0 Å². The molecule has 1 aliphatic rings. The summed E-state index contributed by atoms with van der Waals surface area (Å²) in [7, 11) is 0.